The van der Waals surface area contributed by atoms with Crippen LogP contribution in [0.4, 0.5) is 18.7 Å². The molecule has 15 heteroatoms. The van der Waals surface area contributed by atoms with Gasteiger partial charge in [-0.2, -0.15) is 0 Å². The predicted octanol–water partition coefficient (Wildman–Crippen LogP) is 6.61. The Balaban J connectivity index is 1.70. The molecule has 1 atom stereocenters. The first kappa shape index (κ1) is 32.6. The van der Waals surface area contributed by atoms with Gasteiger partial charge in [-0.05, 0) is 45.7 Å². The van der Waals surface area contributed by atoms with Gasteiger partial charge in [-0.25, -0.2) is 31.3 Å². The second kappa shape index (κ2) is 13.1. The van der Waals surface area contributed by atoms with E-state index in [2.05, 4.69) is 4.98 Å². The highest BCUT2D eigenvalue weighted by molar-refractivity contribution is 7.93. The van der Waals surface area contributed by atoms with E-state index in [1.807, 2.05) is 0 Å². The molecule has 0 N–H and O–H groups in total. The molecule has 2 heterocycles. The van der Waals surface area contributed by atoms with Crippen molar-refractivity contribution in [1.82, 2.24) is 9.88 Å². The van der Waals surface area contributed by atoms with Crippen LogP contribution in [0.2, 0.25) is 5.02 Å². The molecule has 43 heavy (non-hydrogen) atoms. The Bertz CT molecular complexity index is 1570. The molecule has 1 aliphatic heterocycles. The minimum Gasteiger partial charge on any atom is -0.497 e. The molecule has 2 aromatic carbocycles. The Hall–Kier alpha value is -3.36. The van der Waals surface area contributed by atoms with Gasteiger partial charge >= 0.3 is 6.09 Å². The number of hydrogen-bond acceptors (Lipinski definition) is 9. The molecule has 0 radical (unpaired) electrons. The molecule has 0 saturated carbocycles. The third-order valence-electron chi connectivity index (χ3n) is 6.41. The minimum absolute atomic E-state index is 0.0386. The molecule has 3 aromatic rings. The molecule has 0 aliphatic carbocycles. The maximum atomic E-state index is 15.8. The number of likely N-dealkylation sites (tertiary alicyclic amines) is 1. The first-order valence-corrected chi connectivity index (χ1v) is 15.9. The van der Waals surface area contributed by atoms with Gasteiger partial charge in [0.15, 0.2) is 27.9 Å². The zero-order chi connectivity index (χ0) is 31.5. The predicted molar refractivity (Wildman–Crippen MR) is 158 cm³/mol. The summed E-state index contributed by atoms with van der Waals surface area (Å²) < 4.78 is 81.9. The summed E-state index contributed by atoms with van der Waals surface area (Å²) in [5.74, 6) is -2.67. The number of carbonyl (C=O) groups excluding carboxylic acids is 1. The second-order valence-corrected chi connectivity index (χ2v) is 13.6. The molecule has 234 valence electrons. The lowest BCUT2D eigenvalue weighted by Gasteiger charge is -2.36. The van der Waals surface area contributed by atoms with E-state index in [1.165, 1.54) is 30.7 Å². The highest BCUT2D eigenvalue weighted by Crippen LogP contribution is 2.39. The summed E-state index contributed by atoms with van der Waals surface area (Å²) in [6.07, 6.45) is 1.48. The van der Waals surface area contributed by atoms with Crippen molar-refractivity contribution in [1.29, 1.82) is 0 Å². The van der Waals surface area contributed by atoms with E-state index in [0.29, 0.717) is 48.9 Å². The van der Waals surface area contributed by atoms with Crippen LogP contribution >= 0.6 is 22.9 Å². The van der Waals surface area contributed by atoms with Gasteiger partial charge < -0.3 is 18.9 Å². The number of amides is 1. The van der Waals surface area contributed by atoms with E-state index < -0.39 is 55.2 Å². The van der Waals surface area contributed by atoms with Crippen molar-refractivity contribution in [2.75, 3.05) is 25.1 Å². The summed E-state index contributed by atoms with van der Waals surface area (Å²) in [6, 6.07) is 5.43. The van der Waals surface area contributed by atoms with Crippen molar-refractivity contribution in [2.24, 2.45) is 0 Å². The summed E-state index contributed by atoms with van der Waals surface area (Å²) in [7, 11) is -2.06. The number of methoxy groups -OCH3 is 2. The fraction of sp³-hybridized carbons (Fsp3) is 0.429. The van der Waals surface area contributed by atoms with Gasteiger partial charge in [-0.3, -0.25) is 4.90 Å². The number of aromatic nitrogens is 1. The lowest BCUT2D eigenvalue weighted by molar-refractivity contribution is -0.0343. The Morgan fingerprint density at radius 1 is 1.16 bits per heavy atom. The molecule has 1 aromatic heterocycles. The Morgan fingerprint density at radius 3 is 2.53 bits per heavy atom. The number of ether oxygens (including phenoxy) is 4. The second-order valence-electron chi connectivity index (χ2n) is 10.6. The normalized spacial score (nSPS) is 15.6. The Kier molecular flexibility index (Phi) is 9.92. The fourth-order valence-corrected chi connectivity index (χ4v) is 7.06. The maximum absolute atomic E-state index is 15.8. The summed E-state index contributed by atoms with van der Waals surface area (Å²) in [6.45, 7) is 5.07. The summed E-state index contributed by atoms with van der Waals surface area (Å²) >= 11 is 7.23. The SMILES string of the molecule is COc1ccc(CN(c2nccs2)S(=O)(=O)c2c(F)cc(OC3CCCCN3C(=O)OC(C)(C)C)c(Cl)c2F)c(OC)c1. The first-order chi connectivity index (χ1) is 20.3. The number of rotatable bonds is 9. The topological polar surface area (TPSA) is 108 Å². The average Bonchev–Trinajstić information content (AvgIpc) is 3.48. The molecule has 1 amide bonds. The van der Waals surface area contributed by atoms with Crippen LogP contribution in [0.1, 0.15) is 45.6 Å². The van der Waals surface area contributed by atoms with Crippen molar-refractivity contribution in [3.05, 3.63) is 58.1 Å². The lowest BCUT2D eigenvalue weighted by atomic mass is 10.1. The monoisotopic (exact) mass is 659 g/mol. The van der Waals surface area contributed by atoms with E-state index in [4.69, 9.17) is 30.5 Å². The highest BCUT2D eigenvalue weighted by atomic mass is 35.5. The molecule has 0 spiro atoms. The van der Waals surface area contributed by atoms with Crippen molar-refractivity contribution in [3.63, 3.8) is 0 Å². The number of carbonyl (C=O) groups is 1. The number of thiazole rings is 1. The van der Waals surface area contributed by atoms with Crippen molar-refractivity contribution in [2.45, 2.75) is 63.3 Å². The smallest absolute Gasteiger partial charge is 0.413 e. The van der Waals surface area contributed by atoms with Gasteiger partial charge in [0.2, 0.25) is 0 Å². The van der Waals surface area contributed by atoms with Gasteiger partial charge in [0, 0.05) is 42.2 Å². The van der Waals surface area contributed by atoms with Crippen LogP contribution in [0.15, 0.2) is 40.7 Å². The van der Waals surface area contributed by atoms with Crippen molar-refractivity contribution in [3.8, 4) is 17.2 Å². The van der Waals surface area contributed by atoms with Crippen LogP contribution < -0.4 is 18.5 Å². The number of sulfonamides is 1. The average molecular weight is 660 g/mol. The zero-order valence-corrected chi connectivity index (χ0v) is 26.6. The molecule has 0 bridgehead atoms. The Morgan fingerprint density at radius 2 is 1.91 bits per heavy atom. The Labute approximate surface area is 258 Å². The van der Waals surface area contributed by atoms with Crippen LogP contribution in [0.3, 0.4) is 0 Å². The molecular formula is C28H32ClF2N3O7S2. The molecule has 10 nitrogen and oxygen atoms in total. The summed E-state index contributed by atoms with van der Waals surface area (Å²) in [5.41, 5.74) is -0.391. The van der Waals surface area contributed by atoms with Crippen LogP contribution in [-0.4, -0.2) is 57.0 Å². The molecule has 1 unspecified atom stereocenters. The van der Waals surface area contributed by atoms with Gasteiger partial charge in [0.05, 0.1) is 20.8 Å². The van der Waals surface area contributed by atoms with Gasteiger partial charge in [0.25, 0.3) is 10.0 Å². The van der Waals surface area contributed by atoms with E-state index in [0.717, 1.165) is 15.6 Å². The molecular weight excluding hydrogens is 628 g/mol. The van der Waals surface area contributed by atoms with E-state index in [-0.39, 0.29) is 11.7 Å². The van der Waals surface area contributed by atoms with Crippen molar-refractivity contribution < 1.29 is 40.9 Å². The fourth-order valence-electron chi connectivity index (χ4n) is 4.42. The van der Waals surface area contributed by atoms with Gasteiger partial charge in [-0.1, -0.05) is 11.6 Å². The largest absolute Gasteiger partial charge is 0.497 e. The molecule has 1 fully saturated rings. The number of halogens is 3. The standard InChI is InChI=1S/C28H32ClF2N3O7S2/c1-28(2,3)41-27(35)33-12-7-6-8-22(33)40-21-15-19(30)25(24(31)23(21)29)43(36,37)34(26-32-11-13-42-26)16-17-9-10-18(38-4)14-20(17)39-5/h9-11,13-15,22H,6-8,12,16H2,1-5H3. The third kappa shape index (κ3) is 7.24. The number of hydrogen-bond donors (Lipinski definition) is 0. The summed E-state index contributed by atoms with van der Waals surface area (Å²) in [4.78, 5) is 16.9. The van der Waals surface area contributed by atoms with Gasteiger partial charge in [0.1, 0.15) is 27.9 Å². The number of nitrogens with zero attached hydrogens (tertiary/aromatic N) is 3. The maximum Gasteiger partial charge on any atom is 0.413 e. The summed E-state index contributed by atoms with van der Waals surface area (Å²) in [5, 5.41) is 0.736. The highest BCUT2D eigenvalue weighted by Gasteiger charge is 2.37. The van der Waals surface area contributed by atoms with E-state index in [9.17, 15) is 13.2 Å². The van der Waals surface area contributed by atoms with Gasteiger partial charge in [-0.15, -0.1) is 11.3 Å². The number of anilines is 1. The molecule has 4 rings (SSSR count). The molecule has 1 saturated heterocycles. The number of piperidine rings is 1. The van der Waals surface area contributed by atoms with E-state index in [1.54, 1.807) is 39.0 Å². The van der Waals surface area contributed by atoms with Crippen LogP contribution in [0, 0.1) is 11.6 Å². The lowest BCUT2D eigenvalue weighted by Crippen LogP contribution is -2.48. The van der Waals surface area contributed by atoms with Crippen LogP contribution in [-0.2, 0) is 21.3 Å². The van der Waals surface area contributed by atoms with E-state index >= 15 is 8.78 Å². The van der Waals surface area contributed by atoms with Crippen molar-refractivity contribution >= 4 is 44.2 Å². The first-order valence-electron chi connectivity index (χ1n) is 13.2. The number of benzene rings is 2. The quantitative estimate of drug-likeness (QED) is 0.236. The minimum atomic E-state index is -4.92. The molecule has 1 aliphatic rings. The third-order valence-corrected chi connectivity index (χ3v) is 9.45. The van der Waals surface area contributed by atoms with Crippen LogP contribution in [0.5, 0.6) is 17.2 Å². The zero-order valence-electron chi connectivity index (χ0n) is 24.2. The van der Waals surface area contributed by atoms with Crippen LogP contribution in [0.25, 0.3) is 0 Å².